The second kappa shape index (κ2) is 7.11. The zero-order valence-electron chi connectivity index (χ0n) is 14.9. The van der Waals surface area contributed by atoms with Crippen LogP contribution in [-0.4, -0.2) is 24.3 Å². The van der Waals surface area contributed by atoms with Crippen LogP contribution in [0.5, 0.6) is 11.5 Å². The first-order chi connectivity index (χ1) is 13.1. The fourth-order valence-corrected chi connectivity index (χ4v) is 2.94. The maximum atomic E-state index is 12.5. The van der Waals surface area contributed by atoms with E-state index in [4.69, 9.17) is 9.47 Å². The highest BCUT2D eigenvalue weighted by Crippen LogP contribution is 2.32. The van der Waals surface area contributed by atoms with Crippen LogP contribution in [0.4, 0.5) is 5.69 Å². The van der Waals surface area contributed by atoms with Crippen LogP contribution in [0.2, 0.25) is 0 Å². The number of amides is 2. The van der Waals surface area contributed by atoms with Crippen LogP contribution in [0.3, 0.4) is 0 Å². The summed E-state index contributed by atoms with van der Waals surface area (Å²) in [5.41, 5.74) is 2.99. The van der Waals surface area contributed by atoms with Crippen molar-refractivity contribution < 1.29 is 19.1 Å². The first-order valence-corrected chi connectivity index (χ1v) is 8.74. The summed E-state index contributed by atoms with van der Waals surface area (Å²) in [4.78, 5) is 24.7. The van der Waals surface area contributed by atoms with E-state index in [0.717, 1.165) is 11.1 Å². The summed E-state index contributed by atoms with van der Waals surface area (Å²) in [6, 6.07) is 13.0. The number of rotatable bonds is 4. The lowest BCUT2D eigenvalue weighted by Gasteiger charge is -2.23. The number of nitrogens with one attached hydrogen (secondary N) is 1. The lowest BCUT2D eigenvalue weighted by molar-refractivity contribution is -0.119. The summed E-state index contributed by atoms with van der Waals surface area (Å²) in [6.07, 6.45) is 0.582. The Labute approximate surface area is 156 Å². The Morgan fingerprint density at radius 3 is 2.70 bits per heavy atom. The van der Waals surface area contributed by atoms with Crippen LogP contribution in [0.25, 0.3) is 0 Å². The number of nitrogens with zero attached hydrogens (tertiary/aromatic N) is 2. The van der Waals surface area contributed by atoms with Gasteiger partial charge in [-0.1, -0.05) is 23.8 Å². The standard InChI is InChI=1S/C20H19N3O4/c1-13-2-5-15(6-3-13)23-19(24)9-7-16(22-23)20(25)21-11-14-4-8-17-18(10-14)27-12-26-17/h2-6,8,10H,7,9,11-12H2,1H3,(H,21,25). The Hall–Kier alpha value is -3.35. The van der Waals surface area contributed by atoms with E-state index in [1.54, 1.807) is 0 Å². The number of carbonyl (C=O) groups is 2. The van der Waals surface area contributed by atoms with Crippen LogP contribution >= 0.6 is 0 Å². The van der Waals surface area contributed by atoms with Crippen LogP contribution in [0, 0.1) is 6.92 Å². The van der Waals surface area contributed by atoms with E-state index >= 15 is 0 Å². The molecule has 4 rings (SSSR count). The normalized spacial score (nSPS) is 15.5. The van der Waals surface area contributed by atoms with Crippen molar-refractivity contribution in [3.63, 3.8) is 0 Å². The third-order valence-corrected chi connectivity index (χ3v) is 4.46. The minimum Gasteiger partial charge on any atom is -0.454 e. The number of carbonyl (C=O) groups excluding carboxylic acids is 2. The zero-order valence-corrected chi connectivity index (χ0v) is 14.9. The van der Waals surface area contributed by atoms with Gasteiger partial charge in [-0.2, -0.15) is 5.10 Å². The molecule has 0 aromatic heterocycles. The van der Waals surface area contributed by atoms with E-state index in [1.165, 1.54) is 5.01 Å². The third-order valence-electron chi connectivity index (χ3n) is 4.46. The molecule has 2 aliphatic heterocycles. The number of fused-ring (bicyclic) bond motifs is 1. The second-order valence-corrected chi connectivity index (χ2v) is 6.46. The van der Waals surface area contributed by atoms with Crippen molar-refractivity contribution in [3.8, 4) is 11.5 Å². The fourth-order valence-electron chi connectivity index (χ4n) is 2.94. The molecule has 2 aromatic rings. The molecule has 7 heteroatoms. The molecule has 1 N–H and O–H groups in total. The van der Waals surface area contributed by atoms with Gasteiger partial charge in [-0.15, -0.1) is 0 Å². The molecule has 0 spiro atoms. The lowest BCUT2D eigenvalue weighted by Crippen LogP contribution is -2.38. The maximum Gasteiger partial charge on any atom is 0.267 e. The Balaban J connectivity index is 1.45. The average molecular weight is 365 g/mol. The summed E-state index contributed by atoms with van der Waals surface area (Å²) < 4.78 is 10.6. The summed E-state index contributed by atoms with van der Waals surface area (Å²) >= 11 is 0. The van der Waals surface area contributed by atoms with Crippen molar-refractivity contribution in [1.29, 1.82) is 0 Å². The molecular weight excluding hydrogens is 346 g/mol. The molecule has 0 aliphatic carbocycles. The van der Waals surface area contributed by atoms with Crippen LogP contribution in [0.1, 0.15) is 24.0 Å². The monoisotopic (exact) mass is 365 g/mol. The molecule has 2 amide bonds. The zero-order chi connectivity index (χ0) is 18.8. The van der Waals surface area contributed by atoms with E-state index in [1.807, 2.05) is 49.4 Å². The van der Waals surface area contributed by atoms with Crippen molar-refractivity contribution >= 4 is 23.2 Å². The average Bonchev–Trinajstić information content (AvgIpc) is 3.15. The number of ether oxygens (including phenoxy) is 2. The molecule has 0 bridgehead atoms. The van der Waals surface area contributed by atoms with E-state index in [-0.39, 0.29) is 25.0 Å². The molecule has 0 saturated carbocycles. The van der Waals surface area contributed by atoms with Crippen molar-refractivity contribution in [2.24, 2.45) is 5.10 Å². The van der Waals surface area contributed by atoms with Gasteiger partial charge in [-0.25, -0.2) is 5.01 Å². The highest BCUT2D eigenvalue weighted by molar-refractivity contribution is 6.40. The van der Waals surface area contributed by atoms with E-state index in [9.17, 15) is 9.59 Å². The fraction of sp³-hybridized carbons (Fsp3) is 0.250. The predicted octanol–water partition coefficient (Wildman–Crippen LogP) is 2.52. The maximum absolute atomic E-state index is 12.5. The van der Waals surface area contributed by atoms with Gasteiger partial charge in [0.1, 0.15) is 5.71 Å². The number of hydrogen-bond donors (Lipinski definition) is 1. The van der Waals surface area contributed by atoms with Gasteiger partial charge in [0.15, 0.2) is 11.5 Å². The highest BCUT2D eigenvalue weighted by Gasteiger charge is 2.25. The molecule has 7 nitrogen and oxygen atoms in total. The SMILES string of the molecule is Cc1ccc(N2N=C(C(=O)NCc3ccc4c(c3)OCO4)CCC2=O)cc1. The van der Waals surface area contributed by atoms with Gasteiger partial charge >= 0.3 is 0 Å². The van der Waals surface area contributed by atoms with Crippen molar-refractivity contribution in [1.82, 2.24) is 5.32 Å². The van der Waals surface area contributed by atoms with Crippen molar-refractivity contribution in [3.05, 3.63) is 53.6 Å². The molecular formula is C20H19N3O4. The number of hydrazone groups is 1. The quantitative estimate of drug-likeness (QED) is 0.903. The van der Waals surface area contributed by atoms with E-state index in [0.29, 0.717) is 35.9 Å². The van der Waals surface area contributed by atoms with Crippen LogP contribution in [0.15, 0.2) is 47.6 Å². The molecule has 2 heterocycles. The second-order valence-electron chi connectivity index (χ2n) is 6.46. The van der Waals surface area contributed by atoms with Gasteiger partial charge in [-0.05, 0) is 36.8 Å². The Morgan fingerprint density at radius 1 is 1.11 bits per heavy atom. The lowest BCUT2D eigenvalue weighted by atomic mass is 10.1. The van der Waals surface area contributed by atoms with E-state index < -0.39 is 0 Å². The Kier molecular flexibility index (Phi) is 4.50. The van der Waals surface area contributed by atoms with Gasteiger partial charge in [-0.3, -0.25) is 9.59 Å². The Bertz CT molecular complexity index is 921. The first-order valence-electron chi connectivity index (χ1n) is 8.74. The largest absolute Gasteiger partial charge is 0.454 e. The summed E-state index contributed by atoms with van der Waals surface area (Å²) in [7, 11) is 0. The molecule has 0 unspecified atom stereocenters. The molecule has 138 valence electrons. The van der Waals surface area contributed by atoms with Crippen LogP contribution < -0.4 is 19.8 Å². The first kappa shape index (κ1) is 17.1. The highest BCUT2D eigenvalue weighted by atomic mass is 16.7. The number of hydrogen-bond acceptors (Lipinski definition) is 5. The van der Waals surface area contributed by atoms with Crippen molar-refractivity contribution in [2.45, 2.75) is 26.3 Å². The molecule has 2 aromatic carbocycles. The summed E-state index contributed by atoms with van der Waals surface area (Å²) in [5, 5.41) is 8.43. The third kappa shape index (κ3) is 3.62. The Morgan fingerprint density at radius 2 is 1.89 bits per heavy atom. The van der Waals surface area contributed by atoms with Crippen molar-refractivity contribution in [2.75, 3.05) is 11.8 Å². The van der Waals surface area contributed by atoms with Gasteiger partial charge in [0.2, 0.25) is 12.7 Å². The molecule has 0 saturated heterocycles. The topological polar surface area (TPSA) is 80.2 Å². The summed E-state index contributed by atoms with van der Waals surface area (Å²) in [5.74, 6) is 0.977. The number of aryl methyl sites for hydroxylation is 1. The van der Waals surface area contributed by atoms with Gasteiger partial charge < -0.3 is 14.8 Å². The molecule has 2 aliphatic rings. The molecule has 0 fully saturated rings. The minimum absolute atomic E-state index is 0.119. The minimum atomic E-state index is -0.280. The molecule has 0 radical (unpaired) electrons. The van der Waals surface area contributed by atoms with Gasteiger partial charge in [0.25, 0.3) is 5.91 Å². The van der Waals surface area contributed by atoms with Gasteiger partial charge in [0.05, 0.1) is 5.69 Å². The van der Waals surface area contributed by atoms with Crippen LogP contribution in [-0.2, 0) is 16.1 Å². The van der Waals surface area contributed by atoms with E-state index in [2.05, 4.69) is 10.4 Å². The van der Waals surface area contributed by atoms with Gasteiger partial charge in [0, 0.05) is 19.4 Å². The molecule has 27 heavy (non-hydrogen) atoms. The summed E-state index contributed by atoms with van der Waals surface area (Å²) in [6.45, 7) is 2.53. The molecule has 0 atom stereocenters. The smallest absolute Gasteiger partial charge is 0.267 e. The number of benzene rings is 2. The number of anilines is 1. The predicted molar refractivity (Wildman–Crippen MR) is 99.7 cm³/mol.